The number of anilines is 1. The van der Waals surface area contributed by atoms with Crippen molar-refractivity contribution in [3.05, 3.63) is 18.0 Å². The molecule has 1 atom stereocenters. The molecule has 16 heavy (non-hydrogen) atoms. The van der Waals surface area contributed by atoms with Crippen LogP contribution in [-0.2, 0) is 7.05 Å². The maximum absolute atomic E-state index is 11.9. The van der Waals surface area contributed by atoms with Crippen LogP contribution in [-0.4, -0.2) is 28.2 Å². The van der Waals surface area contributed by atoms with Gasteiger partial charge in [-0.25, -0.2) is 0 Å². The van der Waals surface area contributed by atoms with Gasteiger partial charge in [0, 0.05) is 25.9 Å². The molecule has 0 saturated heterocycles. The standard InChI is InChI=1S/C11H19N3O2/c1-3-9(4-5-15)13-11(16)10-6-8(12)7-14(10)2/h6-7,9,15H,3-5,12H2,1-2H3,(H,13,16). The highest BCUT2D eigenvalue weighted by atomic mass is 16.3. The third-order valence-electron chi connectivity index (χ3n) is 2.56. The zero-order valence-corrected chi connectivity index (χ0v) is 9.73. The topological polar surface area (TPSA) is 80.3 Å². The number of nitrogen functional groups attached to an aromatic ring is 1. The third-order valence-corrected chi connectivity index (χ3v) is 2.56. The molecule has 1 amide bonds. The second-order valence-electron chi connectivity index (χ2n) is 3.86. The summed E-state index contributed by atoms with van der Waals surface area (Å²) in [5, 5.41) is 11.7. The van der Waals surface area contributed by atoms with E-state index in [2.05, 4.69) is 5.32 Å². The Morgan fingerprint density at radius 2 is 2.38 bits per heavy atom. The minimum absolute atomic E-state index is 0.00799. The first-order valence-corrected chi connectivity index (χ1v) is 5.42. The highest BCUT2D eigenvalue weighted by Gasteiger charge is 2.14. The number of carbonyl (C=O) groups excluding carboxylic acids is 1. The molecule has 0 saturated carbocycles. The lowest BCUT2D eigenvalue weighted by Gasteiger charge is -2.15. The van der Waals surface area contributed by atoms with Crippen molar-refractivity contribution in [2.45, 2.75) is 25.8 Å². The molecule has 0 aliphatic rings. The molecule has 0 aliphatic heterocycles. The van der Waals surface area contributed by atoms with Gasteiger partial charge >= 0.3 is 0 Å². The number of amides is 1. The van der Waals surface area contributed by atoms with Gasteiger partial charge < -0.3 is 20.7 Å². The number of aliphatic hydroxyl groups excluding tert-OH is 1. The van der Waals surface area contributed by atoms with Gasteiger partial charge in [0.25, 0.3) is 5.91 Å². The summed E-state index contributed by atoms with van der Waals surface area (Å²) in [6.07, 6.45) is 3.07. The lowest BCUT2D eigenvalue weighted by atomic mass is 10.1. The average molecular weight is 225 g/mol. The van der Waals surface area contributed by atoms with Crippen LogP contribution in [0.2, 0.25) is 0 Å². The number of nitrogens with one attached hydrogen (secondary N) is 1. The van der Waals surface area contributed by atoms with Crippen LogP contribution in [0.5, 0.6) is 0 Å². The Hall–Kier alpha value is -1.49. The molecule has 0 aromatic carbocycles. The fraction of sp³-hybridized carbons (Fsp3) is 0.545. The van der Waals surface area contributed by atoms with Crippen LogP contribution < -0.4 is 11.1 Å². The van der Waals surface area contributed by atoms with Crippen molar-refractivity contribution in [1.29, 1.82) is 0 Å². The number of aromatic nitrogens is 1. The van der Waals surface area contributed by atoms with Crippen molar-refractivity contribution >= 4 is 11.6 Å². The zero-order chi connectivity index (χ0) is 12.1. The van der Waals surface area contributed by atoms with E-state index >= 15 is 0 Å². The molecule has 0 fully saturated rings. The summed E-state index contributed by atoms with van der Waals surface area (Å²) >= 11 is 0. The number of nitrogens with zero attached hydrogens (tertiary/aromatic N) is 1. The minimum atomic E-state index is -0.153. The average Bonchev–Trinajstić information content (AvgIpc) is 2.57. The first-order valence-electron chi connectivity index (χ1n) is 5.42. The van der Waals surface area contributed by atoms with E-state index in [-0.39, 0.29) is 18.6 Å². The van der Waals surface area contributed by atoms with E-state index in [4.69, 9.17) is 10.8 Å². The SMILES string of the molecule is CCC(CCO)NC(=O)c1cc(N)cn1C. The smallest absolute Gasteiger partial charge is 0.268 e. The van der Waals surface area contributed by atoms with Crippen LogP contribution in [0.15, 0.2) is 12.3 Å². The fourth-order valence-corrected chi connectivity index (χ4v) is 1.61. The lowest BCUT2D eigenvalue weighted by molar-refractivity contribution is 0.0921. The molecule has 1 unspecified atom stereocenters. The monoisotopic (exact) mass is 225 g/mol. The van der Waals surface area contributed by atoms with Crippen LogP contribution in [0.1, 0.15) is 30.3 Å². The van der Waals surface area contributed by atoms with Gasteiger partial charge in [-0.05, 0) is 18.9 Å². The Balaban J connectivity index is 2.67. The Labute approximate surface area is 95.3 Å². The van der Waals surface area contributed by atoms with E-state index in [9.17, 15) is 4.79 Å². The Morgan fingerprint density at radius 3 is 2.81 bits per heavy atom. The van der Waals surface area contributed by atoms with E-state index in [1.807, 2.05) is 6.92 Å². The van der Waals surface area contributed by atoms with Gasteiger partial charge in [0.05, 0.1) is 5.69 Å². The largest absolute Gasteiger partial charge is 0.397 e. The van der Waals surface area contributed by atoms with Crippen LogP contribution in [0.4, 0.5) is 5.69 Å². The zero-order valence-electron chi connectivity index (χ0n) is 9.73. The van der Waals surface area contributed by atoms with Crippen LogP contribution in [0.3, 0.4) is 0 Å². The summed E-state index contributed by atoms with van der Waals surface area (Å²) < 4.78 is 1.69. The van der Waals surface area contributed by atoms with Gasteiger partial charge in [-0.3, -0.25) is 4.79 Å². The first-order chi connectivity index (χ1) is 7.58. The summed E-state index contributed by atoms with van der Waals surface area (Å²) in [5.41, 5.74) is 6.71. The van der Waals surface area contributed by atoms with E-state index < -0.39 is 0 Å². The molecule has 0 bridgehead atoms. The summed E-state index contributed by atoms with van der Waals surface area (Å²) in [6.45, 7) is 2.05. The fourth-order valence-electron chi connectivity index (χ4n) is 1.61. The number of aliphatic hydroxyl groups is 1. The van der Waals surface area contributed by atoms with Crippen molar-refractivity contribution in [2.24, 2.45) is 7.05 Å². The van der Waals surface area contributed by atoms with Crippen LogP contribution in [0, 0.1) is 0 Å². The van der Waals surface area contributed by atoms with Gasteiger partial charge in [-0.2, -0.15) is 0 Å². The van der Waals surface area contributed by atoms with Crippen molar-refractivity contribution in [3.63, 3.8) is 0 Å². The van der Waals surface area contributed by atoms with E-state index in [0.29, 0.717) is 17.8 Å². The van der Waals surface area contributed by atoms with Gasteiger partial charge in [0.1, 0.15) is 5.69 Å². The van der Waals surface area contributed by atoms with E-state index in [0.717, 1.165) is 6.42 Å². The maximum atomic E-state index is 11.9. The van der Waals surface area contributed by atoms with Gasteiger partial charge in [-0.1, -0.05) is 6.92 Å². The molecular weight excluding hydrogens is 206 g/mol. The molecule has 1 heterocycles. The maximum Gasteiger partial charge on any atom is 0.268 e. The molecule has 0 aliphatic carbocycles. The molecule has 4 N–H and O–H groups in total. The predicted octanol–water partition coefficient (Wildman–Crippen LogP) is 0.498. The summed E-state index contributed by atoms with van der Waals surface area (Å²) in [7, 11) is 1.78. The van der Waals surface area contributed by atoms with Crippen molar-refractivity contribution in [3.8, 4) is 0 Å². The number of nitrogens with two attached hydrogens (primary N) is 1. The Bertz CT molecular complexity index is 360. The highest BCUT2D eigenvalue weighted by Crippen LogP contribution is 2.09. The molecule has 1 aromatic heterocycles. The van der Waals surface area contributed by atoms with Gasteiger partial charge in [0.15, 0.2) is 0 Å². The molecule has 5 heteroatoms. The number of rotatable bonds is 5. The van der Waals surface area contributed by atoms with Crippen LogP contribution in [0.25, 0.3) is 0 Å². The number of carbonyl (C=O) groups is 1. The van der Waals surface area contributed by atoms with Crippen LogP contribution >= 0.6 is 0 Å². The molecule has 0 spiro atoms. The Morgan fingerprint density at radius 1 is 1.69 bits per heavy atom. The van der Waals surface area contributed by atoms with E-state index in [1.54, 1.807) is 23.9 Å². The van der Waals surface area contributed by atoms with Crippen molar-refractivity contribution < 1.29 is 9.90 Å². The highest BCUT2D eigenvalue weighted by molar-refractivity contribution is 5.93. The van der Waals surface area contributed by atoms with E-state index in [1.165, 1.54) is 0 Å². The minimum Gasteiger partial charge on any atom is -0.397 e. The van der Waals surface area contributed by atoms with Crippen molar-refractivity contribution in [1.82, 2.24) is 9.88 Å². The molecular formula is C11H19N3O2. The normalized spacial score (nSPS) is 12.4. The quantitative estimate of drug-likeness (QED) is 0.682. The second kappa shape index (κ2) is 5.55. The van der Waals surface area contributed by atoms with Gasteiger partial charge in [-0.15, -0.1) is 0 Å². The first kappa shape index (κ1) is 12.6. The predicted molar refractivity (Wildman–Crippen MR) is 63.1 cm³/mol. The molecule has 90 valence electrons. The molecule has 1 rings (SSSR count). The summed E-state index contributed by atoms with van der Waals surface area (Å²) in [4.78, 5) is 11.9. The van der Waals surface area contributed by atoms with Gasteiger partial charge in [0.2, 0.25) is 0 Å². The summed E-state index contributed by atoms with van der Waals surface area (Å²) in [6, 6.07) is 1.65. The number of aryl methyl sites for hydroxylation is 1. The molecule has 1 aromatic rings. The molecule has 0 radical (unpaired) electrons. The number of hydrogen-bond donors (Lipinski definition) is 3. The number of hydrogen-bond acceptors (Lipinski definition) is 3. The Kier molecular flexibility index (Phi) is 4.37. The summed E-state index contributed by atoms with van der Waals surface area (Å²) in [5.74, 6) is -0.153. The second-order valence-corrected chi connectivity index (χ2v) is 3.86. The van der Waals surface area contributed by atoms with Crippen molar-refractivity contribution in [2.75, 3.05) is 12.3 Å². The third kappa shape index (κ3) is 3.00. The molecule has 5 nitrogen and oxygen atoms in total. The lowest BCUT2D eigenvalue weighted by Crippen LogP contribution is -2.35.